The van der Waals surface area contributed by atoms with E-state index < -0.39 is 160 Å². The third kappa shape index (κ3) is 25.0. The lowest BCUT2D eigenvalue weighted by molar-refractivity contribution is -0.157. The molecule has 1 unspecified atom stereocenters. The van der Waals surface area contributed by atoms with Crippen molar-refractivity contribution in [3.05, 3.63) is 12.2 Å². The van der Waals surface area contributed by atoms with Crippen LogP contribution in [0.15, 0.2) is 12.2 Å². The van der Waals surface area contributed by atoms with Crippen molar-refractivity contribution in [1.29, 1.82) is 0 Å². The zero-order chi connectivity index (χ0) is 72.2. The molecule has 26 heteroatoms. The number of hydrogen-bond donors (Lipinski definition) is 6. The molecule has 0 bridgehead atoms. The van der Waals surface area contributed by atoms with Gasteiger partial charge in [-0.3, -0.25) is 52.7 Å². The third-order valence-corrected chi connectivity index (χ3v) is 18.6. The second-order valence-corrected chi connectivity index (χ2v) is 29.7. The average Bonchev–Trinajstić information content (AvgIpc) is 0.831. The van der Waals surface area contributed by atoms with E-state index in [0.29, 0.717) is 12.3 Å². The maximum absolute atomic E-state index is 15.3. The normalized spacial score (nSPS) is 26.6. The second-order valence-electron chi connectivity index (χ2n) is 28.5. The van der Waals surface area contributed by atoms with Crippen molar-refractivity contribution in [2.24, 2.45) is 35.5 Å². The molecule has 0 spiro atoms. The maximum Gasteiger partial charge on any atom is 0.256 e. The van der Waals surface area contributed by atoms with Gasteiger partial charge < -0.3 is 70.7 Å². The summed E-state index contributed by atoms with van der Waals surface area (Å²) in [5, 5.41) is 33.0. The molecule has 0 radical (unpaired) electrons. The molecule has 0 aromatic carbocycles. The first-order valence-electron chi connectivity index (χ1n) is 33.2. The van der Waals surface area contributed by atoms with Crippen molar-refractivity contribution in [2.45, 2.75) is 240 Å². The molecule has 1 heterocycles. The average molecular weight is 1340 g/mol. The van der Waals surface area contributed by atoms with E-state index in [2.05, 4.69) is 21.3 Å². The van der Waals surface area contributed by atoms with Crippen LogP contribution < -0.4 is 21.3 Å². The van der Waals surface area contributed by atoms with Gasteiger partial charge in [0.2, 0.25) is 59.1 Å². The summed E-state index contributed by atoms with van der Waals surface area (Å²) in [4.78, 5) is 174. The Bertz CT molecular complexity index is 2540. The van der Waals surface area contributed by atoms with E-state index in [1.807, 2.05) is 60.5 Å². The molecule has 11 amide bonds. The Labute approximate surface area is 561 Å². The molecule has 93 heavy (non-hydrogen) atoms. The number of carbonyl (C=O) groups excluding carboxylic acids is 11. The Balaban J connectivity index is 4.57. The van der Waals surface area contributed by atoms with E-state index in [1.54, 1.807) is 74.5 Å². The Hall–Kier alpha value is -5.86. The number of amides is 11. The predicted octanol–water partition coefficient (Wildman–Crippen LogP) is 3.39. The number of thioether (sulfide) groups is 1. The number of carbonyl (C=O) groups is 11. The summed E-state index contributed by atoms with van der Waals surface area (Å²) < 4.78 is 0. The Morgan fingerprint density at radius 3 is 1.44 bits per heavy atom. The van der Waals surface area contributed by atoms with Gasteiger partial charge in [0.1, 0.15) is 60.4 Å². The van der Waals surface area contributed by atoms with Crippen molar-refractivity contribution < 1.29 is 63.0 Å². The molecule has 534 valence electrons. The molecule has 0 aromatic heterocycles. The van der Waals surface area contributed by atoms with Crippen molar-refractivity contribution in [1.82, 2.24) is 60.5 Å². The molecule has 6 N–H and O–H groups in total. The summed E-state index contributed by atoms with van der Waals surface area (Å²) in [5.74, 6) is -9.86. The van der Waals surface area contributed by atoms with Crippen LogP contribution in [0, 0.1) is 35.5 Å². The number of nitrogens with one attached hydrogen (secondary N) is 4. The van der Waals surface area contributed by atoms with Crippen LogP contribution in [-0.2, 0) is 52.7 Å². The Morgan fingerprint density at radius 2 is 0.978 bits per heavy atom. The quantitative estimate of drug-likeness (QED) is 0.0953. The SMILES string of the molecule is C/C=C/C[C@@H](C)[C@@H](O)[C@H]1C(=O)N[C@@H](CC)C(=O)N(C)[C@H](SCCN(C)C)C(=O)N(C)[C@@H](CCC(C)(C)O)C(=O)N[C@@H](C(C)C)C(=O)N(C)C(CC(C)C)C(=O)N[C@@H](C)C(=O)N[C@H](C)C(=O)N(C)[C@@H](CC(C)C)C(=O)N(C)[C@@H](CC(C)C)C(=O)N(C)[C@@H](C(C)C)C(=O)N1C. The Kier molecular flexibility index (Phi) is 35.4. The molecule has 1 aliphatic rings. The van der Waals surface area contributed by atoms with Crippen molar-refractivity contribution >= 4 is 76.7 Å². The minimum absolute atomic E-state index is 0.00222. The molecule has 1 saturated heterocycles. The number of rotatable bonds is 20. The van der Waals surface area contributed by atoms with E-state index in [0.717, 1.165) is 16.7 Å². The molecule has 1 aliphatic heterocycles. The van der Waals surface area contributed by atoms with Gasteiger partial charge in [-0.1, -0.05) is 95.2 Å². The molecule has 0 aromatic rings. The third-order valence-electron chi connectivity index (χ3n) is 17.3. The number of allylic oxidation sites excluding steroid dienone is 2. The van der Waals surface area contributed by atoms with Gasteiger partial charge in [0, 0.05) is 61.6 Å². The van der Waals surface area contributed by atoms with Gasteiger partial charge >= 0.3 is 0 Å². The van der Waals surface area contributed by atoms with Crippen LogP contribution in [0.3, 0.4) is 0 Å². The fraction of sp³-hybridized carbons (Fsp3) is 0.806. The number of hydrogen-bond acceptors (Lipinski definition) is 15. The van der Waals surface area contributed by atoms with Gasteiger partial charge in [0.15, 0.2) is 5.37 Å². The lowest BCUT2D eigenvalue weighted by Crippen LogP contribution is -2.64. The number of aliphatic hydroxyl groups excluding tert-OH is 1. The van der Waals surface area contributed by atoms with E-state index in [-0.39, 0.29) is 62.7 Å². The van der Waals surface area contributed by atoms with E-state index in [4.69, 9.17) is 0 Å². The number of aliphatic hydroxyl groups is 2. The summed E-state index contributed by atoms with van der Waals surface area (Å²) in [6, 6.07) is -12.9. The molecule has 0 saturated carbocycles. The van der Waals surface area contributed by atoms with Gasteiger partial charge in [-0.2, -0.15) is 0 Å². The van der Waals surface area contributed by atoms with Crippen LogP contribution in [0.1, 0.15) is 163 Å². The molecule has 0 aliphatic carbocycles. The van der Waals surface area contributed by atoms with Crippen LogP contribution in [0.2, 0.25) is 0 Å². The highest BCUT2D eigenvalue weighted by Gasteiger charge is 2.46. The minimum Gasteiger partial charge on any atom is -0.390 e. The van der Waals surface area contributed by atoms with Gasteiger partial charge in [-0.25, -0.2) is 0 Å². The topological polar surface area (TPSA) is 302 Å². The largest absolute Gasteiger partial charge is 0.390 e. The molecular weight excluding hydrogens is 1210 g/mol. The van der Waals surface area contributed by atoms with Crippen LogP contribution in [-0.4, -0.2) is 268 Å². The minimum atomic E-state index is -1.66. The summed E-state index contributed by atoms with van der Waals surface area (Å²) in [6.45, 7) is 29.6. The summed E-state index contributed by atoms with van der Waals surface area (Å²) in [7, 11) is 13.6. The van der Waals surface area contributed by atoms with E-state index in [1.165, 1.54) is 92.6 Å². The summed E-state index contributed by atoms with van der Waals surface area (Å²) in [6.07, 6.45) is 2.60. The number of nitrogens with zero attached hydrogens (tertiary/aromatic N) is 8. The van der Waals surface area contributed by atoms with Gasteiger partial charge in [-0.05, 0) is 129 Å². The molecule has 1 fully saturated rings. The van der Waals surface area contributed by atoms with Gasteiger partial charge in [0.05, 0.1) is 11.7 Å². The van der Waals surface area contributed by atoms with E-state index >= 15 is 28.8 Å². The fourth-order valence-corrected chi connectivity index (χ4v) is 12.7. The first-order chi connectivity index (χ1) is 42.8. The first-order valence-corrected chi connectivity index (χ1v) is 34.2. The van der Waals surface area contributed by atoms with Gasteiger partial charge in [-0.15, -0.1) is 11.8 Å². The maximum atomic E-state index is 15.3. The lowest BCUT2D eigenvalue weighted by atomic mass is 9.91. The highest BCUT2D eigenvalue weighted by molar-refractivity contribution is 8.00. The first kappa shape index (κ1) is 85.2. The zero-order valence-corrected chi connectivity index (χ0v) is 62.1. The van der Waals surface area contributed by atoms with Crippen molar-refractivity contribution in [3.8, 4) is 0 Å². The fourth-order valence-electron chi connectivity index (χ4n) is 11.3. The smallest absolute Gasteiger partial charge is 0.256 e. The lowest BCUT2D eigenvalue weighted by Gasteiger charge is -2.41. The molecule has 1 rings (SSSR count). The van der Waals surface area contributed by atoms with Crippen molar-refractivity contribution in [3.63, 3.8) is 0 Å². The number of likely N-dealkylation sites (N-methyl/N-ethyl adjacent to an activating group) is 7. The zero-order valence-electron chi connectivity index (χ0n) is 61.3. The summed E-state index contributed by atoms with van der Waals surface area (Å²) in [5.41, 5.74) is -1.33. The van der Waals surface area contributed by atoms with Crippen LogP contribution in [0.4, 0.5) is 0 Å². The second kappa shape index (κ2) is 38.6. The molecule has 13 atom stereocenters. The summed E-state index contributed by atoms with van der Waals surface area (Å²) >= 11 is 1.11. The highest BCUT2D eigenvalue weighted by Crippen LogP contribution is 2.27. The molecular formula is C67H122N12O13S. The van der Waals surface area contributed by atoms with E-state index in [9.17, 15) is 34.2 Å². The Morgan fingerprint density at radius 1 is 0.527 bits per heavy atom. The van der Waals surface area contributed by atoms with Crippen LogP contribution in [0.25, 0.3) is 0 Å². The highest BCUT2D eigenvalue weighted by atomic mass is 32.2. The van der Waals surface area contributed by atoms with Crippen LogP contribution >= 0.6 is 11.8 Å². The van der Waals surface area contributed by atoms with Crippen molar-refractivity contribution in [2.75, 3.05) is 75.7 Å². The predicted molar refractivity (Wildman–Crippen MR) is 364 cm³/mol. The van der Waals surface area contributed by atoms with Gasteiger partial charge in [0.25, 0.3) is 5.91 Å². The standard InChI is InChI=1S/C67H122N12O13S/c1-27-29-30-43(13)54(80)53-58(84)70-46(28-2)60(86)79(26)66(93-34-33-72(18)19)65(91)73(20)47(31-32-67(16,17)92)56(82)71-51(41(9)10)63(89)74(21)48(35-38(3)4)57(83)68-44(14)55(81)69-45(15)59(85)75(22)49(36-39(5)6)61(87)76(23)50(37-40(7)8)62(88)77(24)52(42(11)12)64(90)78(53)25/h27,29,38-54,66,80,92H,28,30-37H2,1-26H3,(H,68,83)(H,69,81)(H,70,84)(H,71,82)/b29-27+/t43-,44+,45-,46+,47+,48?,49+,50+,51+,52+,53+,54-,66-/m1/s1. The monoisotopic (exact) mass is 1330 g/mol. The van der Waals surface area contributed by atoms with Crippen LogP contribution in [0.5, 0.6) is 0 Å². The molecule has 25 nitrogen and oxygen atoms in total.